The molecule has 0 aliphatic carbocycles. The lowest BCUT2D eigenvalue weighted by Gasteiger charge is -2.20. The molecule has 1 unspecified atom stereocenters. The normalized spacial score (nSPS) is 20.7. The molecule has 0 radical (unpaired) electrons. The van der Waals surface area contributed by atoms with E-state index in [1.54, 1.807) is 0 Å². The number of hydrogen-bond donors (Lipinski definition) is 1. The quantitative estimate of drug-likeness (QED) is 0.819. The molecule has 1 aliphatic heterocycles. The number of amides is 1. The van der Waals surface area contributed by atoms with E-state index in [0.29, 0.717) is 26.1 Å². The van der Waals surface area contributed by atoms with E-state index >= 15 is 0 Å². The minimum atomic E-state index is -2.91. The van der Waals surface area contributed by atoms with Gasteiger partial charge in [-0.25, -0.2) is 13.6 Å². The highest BCUT2D eigenvalue weighted by Gasteiger charge is 2.46. The maximum atomic E-state index is 13.3. The van der Waals surface area contributed by atoms with Crippen LogP contribution in [-0.4, -0.2) is 41.2 Å². The van der Waals surface area contributed by atoms with Gasteiger partial charge in [-0.2, -0.15) is 0 Å². The molecule has 1 amide bonds. The molecule has 1 aliphatic rings. The van der Waals surface area contributed by atoms with Gasteiger partial charge in [0.2, 0.25) is 0 Å². The molecule has 0 bridgehead atoms. The lowest BCUT2D eigenvalue weighted by Crippen LogP contribution is -2.35. The van der Waals surface area contributed by atoms with E-state index in [1.165, 1.54) is 0 Å². The summed E-state index contributed by atoms with van der Waals surface area (Å²) < 4.78 is 32.0. The second-order valence-corrected chi connectivity index (χ2v) is 5.30. The average molecular weight is 299 g/mol. The molecule has 1 heterocycles. The van der Waals surface area contributed by atoms with Crippen molar-refractivity contribution in [2.24, 2.45) is 0 Å². The van der Waals surface area contributed by atoms with Gasteiger partial charge in [0.25, 0.3) is 5.92 Å². The lowest BCUT2D eigenvalue weighted by molar-refractivity contribution is 0.0125. The Balaban J connectivity index is 1.69. The summed E-state index contributed by atoms with van der Waals surface area (Å²) in [6, 6.07) is 9.05. The van der Waals surface area contributed by atoms with Crippen molar-refractivity contribution >= 4 is 6.09 Å². The largest absolute Gasteiger partial charge is 0.465 e. The maximum absolute atomic E-state index is 13.3. The highest BCUT2D eigenvalue weighted by atomic mass is 19.3. The van der Waals surface area contributed by atoms with E-state index in [9.17, 15) is 13.6 Å². The Morgan fingerprint density at radius 3 is 2.76 bits per heavy atom. The third kappa shape index (κ3) is 4.67. The van der Waals surface area contributed by atoms with Crippen LogP contribution in [0.2, 0.25) is 0 Å². The molecule has 1 atom stereocenters. The first-order chi connectivity index (χ1) is 9.98. The summed E-state index contributed by atoms with van der Waals surface area (Å²) in [6.45, 7) is 0.215. The van der Waals surface area contributed by atoms with Crippen molar-refractivity contribution in [3.8, 4) is 0 Å². The Kier molecular flexibility index (Phi) is 5.12. The molecule has 21 heavy (non-hydrogen) atoms. The minimum absolute atomic E-state index is 0.391. The summed E-state index contributed by atoms with van der Waals surface area (Å²) in [5, 5.41) is 8.93. The molecule has 1 aromatic carbocycles. The zero-order valence-electron chi connectivity index (χ0n) is 11.7. The van der Waals surface area contributed by atoms with E-state index in [1.807, 2.05) is 30.3 Å². The smallest absolute Gasteiger partial charge is 0.407 e. The fraction of sp³-hybridized carbons (Fsp3) is 0.533. The van der Waals surface area contributed by atoms with Crippen LogP contribution in [0.1, 0.15) is 24.8 Å². The Hall–Kier alpha value is -1.69. The van der Waals surface area contributed by atoms with Crippen LogP contribution in [0, 0.1) is 0 Å². The monoisotopic (exact) mass is 299 g/mol. The number of benzene rings is 1. The topological polar surface area (TPSA) is 49.8 Å². The van der Waals surface area contributed by atoms with Crippen LogP contribution < -0.4 is 0 Å². The summed E-state index contributed by atoms with van der Waals surface area (Å²) in [5.41, 5.74) is 1.05. The second-order valence-electron chi connectivity index (χ2n) is 5.30. The Bertz CT molecular complexity index is 467. The van der Waals surface area contributed by atoms with Crippen LogP contribution in [-0.2, 0) is 11.3 Å². The number of ether oxygens (including phenoxy) is 1. The predicted molar refractivity (Wildman–Crippen MR) is 73.4 cm³/mol. The van der Waals surface area contributed by atoms with Gasteiger partial charge < -0.3 is 9.84 Å². The molecule has 1 N–H and O–H groups in total. The van der Waals surface area contributed by atoms with Crippen molar-refractivity contribution in [2.45, 2.75) is 37.8 Å². The first kappa shape index (κ1) is 15.7. The number of halogens is 2. The van der Waals surface area contributed by atoms with Gasteiger partial charge in [-0.15, -0.1) is 0 Å². The van der Waals surface area contributed by atoms with E-state index in [-0.39, 0.29) is 0 Å². The number of nitrogens with zero attached hydrogens (tertiary/aromatic N) is 1. The Morgan fingerprint density at radius 2 is 2.10 bits per heavy atom. The molecule has 1 saturated heterocycles. The SMILES string of the molecule is O=C(O)N1CC(F)(F)CC1CCCOCc1ccccc1. The molecule has 0 spiro atoms. The third-order valence-electron chi connectivity index (χ3n) is 3.56. The van der Waals surface area contributed by atoms with Crippen LogP contribution >= 0.6 is 0 Å². The Labute approximate surface area is 122 Å². The zero-order chi connectivity index (χ0) is 15.3. The van der Waals surface area contributed by atoms with Crippen molar-refractivity contribution in [3.63, 3.8) is 0 Å². The summed E-state index contributed by atoms with van der Waals surface area (Å²) in [6.07, 6.45) is -0.700. The van der Waals surface area contributed by atoms with Gasteiger partial charge in [0, 0.05) is 19.1 Å². The Morgan fingerprint density at radius 1 is 1.38 bits per heavy atom. The second kappa shape index (κ2) is 6.85. The average Bonchev–Trinajstić information content (AvgIpc) is 2.75. The van der Waals surface area contributed by atoms with Crippen LogP contribution in [0.4, 0.5) is 13.6 Å². The molecular weight excluding hydrogens is 280 g/mol. The summed E-state index contributed by atoms with van der Waals surface area (Å²) in [5.74, 6) is -2.91. The number of likely N-dealkylation sites (tertiary alicyclic amines) is 1. The molecule has 0 saturated carbocycles. The summed E-state index contributed by atoms with van der Waals surface area (Å²) in [7, 11) is 0. The third-order valence-corrected chi connectivity index (χ3v) is 3.56. The van der Waals surface area contributed by atoms with E-state index in [2.05, 4.69) is 0 Å². The number of hydrogen-bond acceptors (Lipinski definition) is 2. The van der Waals surface area contributed by atoms with Gasteiger partial charge in [-0.3, -0.25) is 4.90 Å². The van der Waals surface area contributed by atoms with Crippen molar-refractivity contribution in [2.75, 3.05) is 13.2 Å². The predicted octanol–water partition coefficient (Wildman–Crippen LogP) is 3.37. The first-order valence-electron chi connectivity index (χ1n) is 6.97. The molecule has 0 aromatic heterocycles. The van der Waals surface area contributed by atoms with Crippen molar-refractivity contribution in [1.82, 2.24) is 4.90 Å². The number of alkyl halides is 2. The fourth-order valence-electron chi connectivity index (χ4n) is 2.56. The first-order valence-corrected chi connectivity index (χ1v) is 6.97. The minimum Gasteiger partial charge on any atom is -0.465 e. The highest BCUT2D eigenvalue weighted by molar-refractivity contribution is 5.66. The summed E-state index contributed by atoms with van der Waals surface area (Å²) in [4.78, 5) is 11.8. The highest BCUT2D eigenvalue weighted by Crippen LogP contribution is 2.33. The molecule has 2 rings (SSSR count). The number of carboxylic acid groups (broad SMARTS) is 1. The van der Waals surface area contributed by atoms with Gasteiger partial charge in [0.15, 0.2) is 0 Å². The van der Waals surface area contributed by atoms with Gasteiger partial charge in [0.1, 0.15) is 0 Å². The van der Waals surface area contributed by atoms with Crippen molar-refractivity contribution in [3.05, 3.63) is 35.9 Å². The van der Waals surface area contributed by atoms with Crippen LogP contribution in [0.5, 0.6) is 0 Å². The van der Waals surface area contributed by atoms with Gasteiger partial charge >= 0.3 is 6.09 Å². The van der Waals surface area contributed by atoms with Gasteiger partial charge in [-0.05, 0) is 18.4 Å². The molecule has 1 fully saturated rings. The van der Waals surface area contributed by atoms with Crippen LogP contribution in [0.25, 0.3) is 0 Å². The number of rotatable bonds is 6. The molecular formula is C15H19F2NO3. The standard InChI is InChI=1S/C15H19F2NO3/c16-15(17)9-13(18(11-15)14(19)20)7-4-8-21-10-12-5-2-1-3-6-12/h1-3,5-6,13H,4,7-11H2,(H,19,20). The lowest BCUT2D eigenvalue weighted by atomic mass is 10.1. The van der Waals surface area contributed by atoms with E-state index in [0.717, 1.165) is 10.5 Å². The molecule has 116 valence electrons. The fourth-order valence-corrected chi connectivity index (χ4v) is 2.56. The van der Waals surface area contributed by atoms with Gasteiger partial charge in [-0.1, -0.05) is 30.3 Å². The van der Waals surface area contributed by atoms with Crippen LogP contribution in [0.3, 0.4) is 0 Å². The molecule has 1 aromatic rings. The van der Waals surface area contributed by atoms with Crippen molar-refractivity contribution in [1.29, 1.82) is 0 Å². The van der Waals surface area contributed by atoms with E-state index < -0.39 is 31.0 Å². The van der Waals surface area contributed by atoms with Crippen LogP contribution in [0.15, 0.2) is 30.3 Å². The maximum Gasteiger partial charge on any atom is 0.407 e. The molecule has 6 heteroatoms. The number of carbonyl (C=O) groups is 1. The van der Waals surface area contributed by atoms with E-state index in [4.69, 9.17) is 9.84 Å². The zero-order valence-corrected chi connectivity index (χ0v) is 11.7. The summed E-state index contributed by atoms with van der Waals surface area (Å²) >= 11 is 0. The van der Waals surface area contributed by atoms with Gasteiger partial charge in [0.05, 0.1) is 13.2 Å². The molecule has 4 nitrogen and oxygen atoms in total. The van der Waals surface area contributed by atoms with Crippen molar-refractivity contribution < 1.29 is 23.4 Å².